The highest BCUT2D eigenvalue weighted by atomic mass is 15.3. The molecule has 0 aromatic rings. The van der Waals surface area contributed by atoms with Crippen molar-refractivity contribution in [1.82, 2.24) is 15.1 Å². The van der Waals surface area contributed by atoms with E-state index in [2.05, 4.69) is 36.0 Å². The lowest BCUT2D eigenvalue weighted by molar-refractivity contribution is 0.0909. The summed E-state index contributed by atoms with van der Waals surface area (Å²) in [6, 6.07) is 1.45. The Morgan fingerprint density at radius 3 is 2.75 bits per heavy atom. The van der Waals surface area contributed by atoms with Crippen LogP contribution >= 0.6 is 0 Å². The van der Waals surface area contributed by atoms with Gasteiger partial charge >= 0.3 is 0 Å². The Hall–Kier alpha value is -0.120. The second-order valence-electron chi connectivity index (χ2n) is 5.87. The van der Waals surface area contributed by atoms with Gasteiger partial charge in [-0.1, -0.05) is 6.92 Å². The van der Waals surface area contributed by atoms with Crippen molar-refractivity contribution in [3.63, 3.8) is 0 Å². The van der Waals surface area contributed by atoms with Crippen LogP contribution in [0.15, 0.2) is 0 Å². The first-order chi connectivity index (χ1) is 7.65. The molecule has 0 amide bonds. The Morgan fingerprint density at radius 1 is 1.25 bits per heavy atom. The summed E-state index contributed by atoms with van der Waals surface area (Å²) in [6.07, 6.45) is 2.72. The molecule has 16 heavy (non-hydrogen) atoms. The highest BCUT2D eigenvalue weighted by Crippen LogP contribution is 2.17. The van der Waals surface area contributed by atoms with E-state index in [1.807, 2.05) is 0 Å². The molecule has 2 saturated heterocycles. The standard InChI is InChI=1S/C13H27N3/c1-11-4-5-14-13(8-11)10-16-7-6-15(3)12(2)9-16/h11-14H,4-10H2,1-3H3. The summed E-state index contributed by atoms with van der Waals surface area (Å²) in [6.45, 7) is 10.9. The summed E-state index contributed by atoms with van der Waals surface area (Å²) in [7, 11) is 2.24. The molecular weight excluding hydrogens is 198 g/mol. The number of likely N-dealkylation sites (N-methyl/N-ethyl adjacent to an activating group) is 1. The van der Waals surface area contributed by atoms with Crippen LogP contribution in [-0.2, 0) is 0 Å². The van der Waals surface area contributed by atoms with Gasteiger partial charge in [0, 0.05) is 38.3 Å². The molecule has 0 aromatic heterocycles. The smallest absolute Gasteiger partial charge is 0.0197 e. The summed E-state index contributed by atoms with van der Waals surface area (Å²) in [5.74, 6) is 0.913. The molecule has 1 N–H and O–H groups in total. The molecule has 3 heteroatoms. The normalized spacial score (nSPS) is 38.8. The van der Waals surface area contributed by atoms with Crippen LogP contribution in [0.4, 0.5) is 0 Å². The molecule has 94 valence electrons. The van der Waals surface area contributed by atoms with Crippen LogP contribution in [-0.4, -0.2) is 61.7 Å². The van der Waals surface area contributed by atoms with E-state index in [9.17, 15) is 0 Å². The van der Waals surface area contributed by atoms with E-state index < -0.39 is 0 Å². The monoisotopic (exact) mass is 225 g/mol. The number of nitrogens with zero attached hydrogens (tertiary/aromatic N) is 2. The van der Waals surface area contributed by atoms with Crippen molar-refractivity contribution in [2.24, 2.45) is 5.92 Å². The second-order valence-corrected chi connectivity index (χ2v) is 5.87. The average molecular weight is 225 g/mol. The first kappa shape index (κ1) is 12.3. The van der Waals surface area contributed by atoms with Gasteiger partial charge in [-0.05, 0) is 39.3 Å². The van der Waals surface area contributed by atoms with Crippen molar-refractivity contribution in [1.29, 1.82) is 0 Å². The van der Waals surface area contributed by atoms with Gasteiger partial charge < -0.3 is 10.2 Å². The largest absolute Gasteiger partial charge is 0.313 e. The highest BCUT2D eigenvalue weighted by molar-refractivity contribution is 4.83. The Bertz CT molecular complexity index is 219. The van der Waals surface area contributed by atoms with Gasteiger partial charge in [0.2, 0.25) is 0 Å². The summed E-state index contributed by atoms with van der Waals surface area (Å²) in [5.41, 5.74) is 0. The molecule has 2 aliphatic rings. The van der Waals surface area contributed by atoms with Crippen molar-refractivity contribution < 1.29 is 0 Å². The Labute approximate surface area is 100 Å². The van der Waals surface area contributed by atoms with E-state index >= 15 is 0 Å². The number of hydrogen-bond donors (Lipinski definition) is 1. The first-order valence-corrected chi connectivity index (χ1v) is 6.81. The molecule has 3 atom stereocenters. The number of hydrogen-bond acceptors (Lipinski definition) is 3. The van der Waals surface area contributed by atoms with Gasteiger partial charge in [-0.3, -0.25) is 4.90 Å². The van der Waals surface area contributed by atoms with E-state index in [1.54, 1.807) is 0 Å². The maximum atomic E-state index is 3.67. The maximum absolute atomic E-state index is 3.67. The van der Waals surface area contributed by atoms with Gasteiger partial charge in [0.25, 0.3) is 0 Å². The Morgan fingerprint density at radius 2 is 2.06 bits per heavy atom. The first-order valence-electron chi connectivity index (χ1n) is 6.81. The molecule has 0 bridgehead atoms. The third-order valence-corrected chi connectivity index (χ3v) is 4.28. The summed E-state index contributed by atoms with van der Waals surface area (Å²) >= 11 is 0. The third kappa shape index (κ3) is 3.19. The van der Waals surface area contributed by atoms with Crippen LogP contribution in [0, 0.1) is 5.92 Å². The van der Waals surface area contributed by atoms with Crippen LogP contribution in [0.3, 0.4) is 0 Å². The van der Waals surface area contributed by atoms with Gasteiger partial charge in [-0.25, -0.2) is 0 Å². The second kappa shape index (κ2) is 5.48. The van der Waals surface area contributed by atoms with Gasteiger partial charge in [-0.2, -0.15) is 0 Å². The maximum Gasteiger partial charge on any atom is 0.0197 e. The zero-order valence-corrected chi connectivity index (χ0v) is 11.1. The average Bonchev–Trinajstić information content (AvgIpc) is 2.24. The van der Waals surface area contributed by atoms with Crippen molar-refractivity contribution >= 4 is 0 Å². The lowest BCUT2D eigenvalue weighted by Gasteiger charge is -2.40. The fourth-order valence-corrected chi connectivity index (χ4v) is 2.96. The molecular formula is C13H27N3. The van der Waals surface area contributed by atoms with Crippen molar-refractivity contribution in [3.8, 4) is 0 Å². The lowest BCUT2D eigenvalue weighted by Crippen LogP contribution is -2.54. The molecule has 0 saturated carbocycles. The predicted molar refractivity (Wildman–Crippen MR) is 68.7 cm³/mol. The number of nitrogens with one attached hydrogen (secondary N) is 1. The number of piperazine rings is 1. The molecule has 2 heterocycles. The van der Waals surface area contributed by atoms with Crippen LogP contribution in [0.2, 0.25) is 0 Å². The summed E-state index contributed by atoms with van der Waals surface area (Å²) < 4.78 is 0. The quantitative estimate of drug-likeness (QED) is 0.757. The topological polar surface area (TPSA) is 18.5 Å². The van der Waals surface area contributed by atoms with E-state index in [1.165, 1.54) is 45.6 Å². The van der Waals surface area contributed by atoms with E-state index in [0.717, 1.165) is 18.0 Å². The fraction of sp³-hybridized carbons (Fsp3) is 1.00. The molecule has 2 fully saturated rings. The van der Waals surface area contributed by atoms with Gasteiger partial charge in [0.1, 0.15) is 0 Å². The van der Waals surface area contributed by atoms with Crippen LogP contribution in [0.5, 0.6) is 0 Å². The van der Waals surface area contributed by atoms with Crippen molar-refractivity contribution in [2.75, 3.05) is 39.8 Å². The van der Waals surface area contributed by atoms with Gasteiger partial charge in [0.15, 0.2) is 0 Å². The van der Waals surface area contributed by atoms with Crippen LogP contribution in [0.25, 0.3) is 0 Å². The minimum Gasteiger partial charge on any atom is -0.313 e. The zero-order chi connectivity index (χ0) is 11.5. The lowest BCUT2D eigenvalue weighted by atomic mass is 9.94. The van der Waals surface area contributed by atoms with Crippen molar-refractivity contribution in [3.05, 3.63) is 0 Å². The Balaban J connectivity index is 1.76. The number of rotatable bonds is 2. The minimum absolute atomic E-state index is 0.717. The van der Waals surface area contributed by atoms with E-state index in [0.29, 0.717) is 0 Å². The fourth-order valence-electron chi connectivity index (χ4n) is 2.96. The third-order valence-electron chi connectivity index (χ3n) is 4.28. The van der Waals surface area contributed by atoms with Gasteiger partial charge in [-0.15, -0.1) is 0 Å². The van der Waals surface area contributed by atoms with E-state index in [4.69, 9.17) is 0 Å². The molecule has 0 spiro atoms. The molecule has 2 rings (SSSR count). The van der Waals surface area contributed by atoms with E-state index in [-0.39, 0.29) is 0 Å². The molecule has 0 aromatic carbocycles. The minimum atomic E-state index is 0.717. The van der Waals surface area contributed by atoms with Crippen molar-refractivity contribution in [2.45, 2.75) is 38.8 Å². The highest BCUT2D eigenvalue weighted by Gasteiger charge is 2.25. The SMILES string of the molecule is CC1CCNC(CN2CCN(C)C(C)C2)C1. The Kier molecular flexibility index (Phi) is 4.22. The van der Waals surface area contributed by atoms with Crippen LogP contribution < -0.4 is 5.32 Å². The molecule has 3 unspecified atom stereocenters. The predicted octanol–water partition coefficient (Wildman–Crippen LogP) is 1.01. The molecule has 0 aliphatic carbocycles. The number of piperidine rings is 1. The van der Waals surface area contributed by atoms with Crippen LogP contribution in [0.1, 0.15) is 26.7 Å². The summed E-state index contributed by atoms with van der Waals surface area (Å²) in [5, 5.41) is 3.67. The molecule has 2 aliphatic heterocycles. The zero-order valence-electron chi connectivity index (χ0n) is 11.1. The molecule has 3 nitrogen and oxygen atoms in total. The van der Waals surface area contributed by atoms with Gasteiger partial charge in [0.05, 0.1) is 0 Å². The summed E-state index contributed by atoms with van der Waals surface area (Å²) in [4.78, 5) is 5.10. The molecule has 0 radical (unpaired) electrons.